The lowest BCUT2D eigenvalue weighted by atomic mass is 10.2. The topological polar surface area (TPSA) is 62.8 Å². The van der Waals surface area contributed by atoms with Crippen LogP contribution in [0.15, 0.2) is 42.5 Å². The quantitative estimate of drug-likeness (QED) is 0.738. The second-order valence-corrected chi connectivity index (χ2v) is 5.96. The molecule has 0 radical (unpaired) electrons. The van der Waals surface area contributed by atoms with E-state index in [0.717, 1.165) is 11.3 Å². The first kappa shape index (κ1) is 20.3. The summed E-state index contributed by atoms with van der Waals surface area (Å²) in [5, 5.41) is 5.42. The van der Waals surface area contributed by atoms with Crippen molar-refractivity contribution in [2.24, 2.45) is 0 Å². The highest BCUT2D eigenvalue weighted by Gasteiger charge is 2.11. The van der Waals surface area contributed by atoms with E-state index in [2.05, 4.69) is 15.4 Å². The molecule has 0 aromatic heterocycles. The van der Waals surface area contributed by atoms with Crippen molar-refractivity contribution in [3.8, 4) is 11.5 Å². The van der Waals surface area contributed by atoms with Gasteiger partial charge in [0.2, 0.25) is 0 Å². The largest absolute Gasteiger partial charge is 0.493 e. The number of anilines is 1. The molecule has 0 fully saturated rings. The Hall–Kier alpha value is -3.03. The Morgan fingerprint density at radius 3 is 2.15 bits per heavy atom. The van der Waals surface area contributed by atoms with Crippen molar-refractivity contribution >= 4 is 11.7 Å². The van der Waals surface area contributed by atoms with Crippen molar-refractivity contribution in [2.45, 2.75) is 19.7 Å². The zero-order chi connectivity index (χ0) is 19.8. The summed E-state index contributed by atoms with van der Waals surface area (Å²) in [6, 6.07) is 12.0. The number of methoxy groups -OCH3 is 1. The lowest BCUT2D eigenvalue weighted by molar-refractivity contribution is -0.0512. The molecule has 0 spiro atoms. The zero-order valence-electron chi connectivity index (χ0n) is 15.5. The number of benzene rings is 2. The molecular weight excluding hydrogens is 356 g/mol. The molecule has 0 aliphatic carbocycles. The molecular formula is C19H23F2N3O3. The van der Waals surface area contributed by atoms with E-state index in [1.165, 1.54) is 19.2 Å². The van der Waals surface area contributed by atoms with Gasteiger partial charge in [-0.2, -0.15) is 8.78 Å². The molecule has 0 aliphatic rings. The Kier molecular flexibility index (Phi) is 7.22. The van der Waals surface area contributed by atoms with Crippen LogP contribution in [0, 0.1) is 0 Å². The van der Waals surface area contributed by atoms with Gasteiger partial charge in [-0.05, 0) is 35.4 Å². The Labute approximate surface area is 157 Å². The lowest BCUT2D eigenvalue weighted by Crippen LogP contribution is -2.34. The van der Waals surface area contributed by atoms with E-state index in [4.69, 9.17) is 4.74 Å². The number of hydrogen-bond donors (Lipinski definition) is 2. The number of rotatable bonds is 8. The van der Waals surface area contributed by atoms with Crippen LogP contribution in [0.4, 0.5) is 19.3 Å². The number of nitrogens with one attached hydrogen (secondary N) is 2. The molecule has 0 heterocycles. The van der Waals surface area contributed by atoms with Gasteiger partial charge in [0.25, 0.3) is 0 Å². The molecule has 2 aromatic rings. The number of alkyl halides is 2. The third kappa shape index (κ3) is 6.32. The monoisotopic (exact) mass is 379 g/mol. The van der Waals surface area contributed by atoms with Gasteiger partial charge in [-0.25, -0.2) is 4.79 Å². The highest BCUT2D eigenvalue weighted by Crippen LogP contribution is 2.29. The molecule has 2 aromatic carbocycles. The molecule has 0 aliphatic heterocycles. The zero-order valence-corrected chi connectivity index (χ0v) is 15.5. The number of urea groups is 1. The molecule has 0 atom stereocenters. The van der Waals surface area contributed by atoms with Crippen molar-refractivity contribution in [2.75, 3.05) is 26.1 Å². The summed E-state index contributed by atoms with van der Waals surface area (Å²) < 4.78 is 34.3. The Morgan fingerprint density at radius 2 is 1.59 bits per heavy atom. The van der Waals surface area contributed by atoms with E-state index in [-0.39, 0.29) is 24.1 Å². The van der Waals surface area contributed by atoms with E-state index in [9.17, 15) is 13.6 Å². The first-order valence-electron chi connectivity index (χ1n) is 8.28. The molecule has 0 unspecified atom stereocenters. The van der Waals surface area contributed by atoms with Crippen LogP contribution in [0.25, 0.3) is 0 Å². The van der Waals surface area contributed by atoms with Crippen molar-refractivity contribution in [1.29, 1.82) is 0 Å². The smallest absolute Gasteiger partial charge is 0.387 e. The molecule has 8 heteroatoms. The summed E-state index contributed by atoms with van der Waals surface area (Å²) in [7, 11) is 5.28. The van der Waals surface area contributed by atoms with Crippen LogP contribution in [-0.2, 0) is 13.1 Å². The van der Waals surface area contributed by atoms with Crippen molar-refractivity contribution in [3.63, 3.8) is 0 Å². The minimum atomic E-state index is -2.95. The van der Waals surface area contributed by atoms with E-state index >= 15 is 0 Å². The van der Waals surface area contributed by atoms with Crippen LogP contribution in [0.1, 0.15) is 11.1 Å². The van der Waals surface area contributed by atoms with Gasteiger partial charge in [0, 0.05) is 32.9 Å². The fourth-order valence-corrected chi connectivity index (χ4v) is 2.36. The van der Waals surface area contributed by atoms with Crippen molar-refractivity contribution < 1.29 is 23.0 Å². The maximum Gasteiger partial charge on any atom is 0.387 e. The third-order valence-corrected chi connectivity index (χ3v) is 3.80. The first-order valence-corrected chi connectivity index (χ1v) is 8.28. The van der Waals surface area contributed by atoms with Gasteiger partial charge < -0.3 is 25.0 Å². The second kappa shape index (κ2) is 9.61. The number of nitrogens with zero attached hydrogens (tertiary/aromatic N) is 1. The van der Waals surface area contributed by atoms with Gasteiger partial charge >= 0.3 is 12.6 Å². The van der Waals surface area contributed by atoms with Crippen molar-refractivity contribution in [1.82, 2.24) is 10.6 Å². The standard InChI is InChI=1S/C19H23F2N3O3/c1-24(2)15-7-4-13(5-8-15)11-22-19(25)23-12-14-6-9-16(26-3)17(10-14)27-18(20)21/h4-10,18H,11-12H2,1-3H3,(H2,22,23,25). The lowest BCUT2D eigenvalue weighted by Gasteiger charge is -2.13. The average Bonchev–Trinajstić information content (AvgIpc) is 2.64. The summed E-state index contributed by atoms with van der Waals surface area (Å²) in [5.74, 6) is 0.123. The molecule has 146 valence electrons. The predicted octanol–water partition coefficient (Wildman–Crippen LogP) is 3.36. The summed E-state index contributed by atoms with van der Waals surface area (Å²) in [6.07, 6.45) is 0. The number of amides is 2. The molecule has 27 heavy (non-hydrogen) atoms. The molecule has 2 N–H and O–H groups in total. The Balaban J connectivity index is 1.86. The van der Waals surface area contributed by atoms with Gasteiger partial charge in [0.15, 0.2) is 11.5 Å². The molecule has 2 rings (SSSR count). The van der Waals surface area contributed by atoms with Crippen LogP contribution in [0.3, 0.4) is 0 Å². The normalized spacial score (nSPS) is 10.4. The molecule has 6 nitrogen and oxygen atoms in total. The van der Waals surface area contributed by atoms with E-state index in [0.29, 0.717) is 12.1 Å². The predicted molar refractivity (Wildman–Crippen MR) is 99.5 cm³/mol. The summed E-state index contributed by atoms with van der Waals surface area (Å²) >= 11 is 0. The summed E-state index contributed by atoms with van der Waals surface area (Å²) in [4.78, 5) is 13.9. The minimum absolute atomic E-state index is 0.0757. The highest BCUT2D eigenvalue weighted by molar-refractivity contribution is 5.73. The highest BCUT2D eigenvalue weighted by atomic mass is 19.3. The van der Waals surface area contributed by atoms with Gasteiger partial charge in [0.05, 0.1) is 7.11 Å². The number of carbonyl (C=O) groups excluding carboxylic acids is 1. The van der Waals surface area contributed by atoms with E-state index in [1.54, 1.807) is 6.07 Å². The first-order chi connectivity index (χ1) is 12.9. The van der Waals surface area contributed by atoms with Gasteiger partial charge in [-0.15, -0.1) is 0 Å². The maximum absolute atomic E-state index is 12.5. The van der Waals surface area contributed by atoms with Crippen molar-refractivity contribution in [3.05, 3.63) is 53.6 Å². The Bertz CT molecular complexity index is 752. The third-order valence-electron chi connectivity index (χ3n) is 3.80. The Morgan fingerprint density at radius 1 is 1.00 bits per heavy atom. The molecule has 0 bridgehead atoms. The van der Waals surface area contributed by atoms with Crippen LogP contribution in [-0.4, -0.2) is 33.8 Å². The second-order valence-electron chi connectivity index (χ2n) is 5.96. The molecule has 2 amide bonds. The number of carbonyl (C=O) groups is 1. The van der Waals surface area contributed by atoms with Crippen LogP contribution in [0.5, 0.6) is 11.5 Å². The molecule has 0 saturated heterocycles. The van der Waals surface area contributed by atoms with E-state index in [1.807, 2.05) is 43.3 Å². The van der Waals surface area contributed by atoms with Crippen LogP contribution in [0.2, 0.25) is 0 Å². The van der Waals surface area contributed by atoms with Crippen LogP contribution < -0.4 is 25.0 Å². The number of halogens is 2. The van der Waals surface area contributed by atoms with Gasteiger partial charge in [-0.3, -0.25) is 0 Å². The average molecular weight is 379 g/mol. The molecule has 0 saturated carbocycles. The minimum Gasteiger partial charge on any atom is -0.493 e. The van der Waals surface area contributed by atoms with Crippen LogP contribution >= 0.6 is 0 Å². The summed E-state index contributed by atoms with van der Waals surface area (Å²) in [6.45, 7) is -2.42. The number of hydrogen-bond acceptors (Lipinski definition) is 4. The fraction of sp³-hybridized carbons (Fsp3) is 0.316. The SMILES string of the molecule is COc1ccc(CNC(=O)NCc2ccc(N(C)C)cc2)cc1OC(F)F. The fourth-order valence-electron chi connectivity index (χ4n) is 2.36. The maximum atomic E-state index is 12.5. The van der Waals surface area contributed by atoms with E-state index < -0.39 is 6.61 Å². The van der Waals surface area contributed by atoms with Gasteiger partial charge in [0.1, 0.15) is 0 Å². The number of ether oxygens (including phenoxy) is 2. The van der Waals surface area contributed by atoms with Gasteiger partial charge in [-0.1, -0.05) is 18.2 Å². The summed E-state index contributed by atoms with van der Waals surface area (Å²) in [5.41, 5.74) is 2.65.